The van der Waals surface area contributed by atoms with Gasteiger partial charge in [0.1, 0.15) is 16.4 Å². The first-order valence-electron chi connectivity index (χ1n) is 6.64. The molecule has 0 aliphatic heterocycles. The molecule has 0 radical (unpaired) electrons. The zero-order chi connectivity index (χ0) is 15.6. The predicted octanol–water partition coefficient (Wildman–Crippen LogP) is 4.36. The van der Waals surface area contributed by atoms with Crippen LogP contribution >= 0.6 is 10.9 Å². The molecule has 0 unspecified atom stereocenters. The first-order chi connectivity index (χ1) is 10.3. The first-order valence-corrected chi connectivity index (χ1v) is 8.15. The van der Waals surface area contributed by atoms with Crippen molar-refractivity contribution in [3.63, 3.8) is 0 Å². The Morgan fingerprint density at radius 1 is 1.05 bits per heavy atom. The van der Waals surface area contributed by atoms with Gasteiger partial charge in [0.05, 0.1) is 10.4 Å². The summed E-state index contributed by atoms with van der Waals surface area (Å²) < 4.78 is 36.0. The monoisotopic (exact) mass is 318 g/mol. The van der Waals surface area contributed by atoms with E-state index >= 15 is 0 Å². The SMILES string of the molecule is Cc1nc2cc3c(cc2o1)c1cc(S(O)(O)O)ccc1n3C. The van der Waals surface area contributed by atoms with E-state index in [0.717, 1.165) is 27.3 Å². The van der Waals surface area contributed by atoms with Crippen LogP contribution in [0, 0.1) is 6.92 Å². The van der Waals surface area contributed by atoms with Crippen LogP contribution in [0.5, 0.6) is 0 Å². The molecule has 0 atom stereocenters. The zero-order valence-electron chi connectivity index (χ0n) is 11.9. The molecule has 7 heteroatoms. The van der Waals surface area contributed by atoms with Gasteiger partial charge in [-0.2, -0.15) is 0 Å². The van der Waals surface area contributed by atoms with E-state index in [1.54, 1.807) is 19.1 Å². The number of fused-ring (bicyclic) bond motifs is 4. The minimum Gasteiger partial charge on any atom is -0.441 e. The maximum absolute atomic E-state index is 9.46. The molecule has 2 aromatic carbocycles. The fraction of sp³-hybridized carbons (Fsp3) is 0.133. The lowest BCUT2D eigenvalue weighted by Crippen LogP contribution is -1.95. The summed E-state index contributed by atoms with van der Waals surface area (Å²) in [4.78, 5) is 4.43. The second kappa shape index (κ2) is 4.23. The Morgan fingerprint density at radius 2 is 1.77 bits per heavy atom. The molecule has 0 saturated heterocycles. The molecule has 6 nitrogen and oxygen atoms in total. The largest absolute Gasteiger partial charge is 0.441 e. The Labute approximate surface area is 127 Å². The number of hydrogen-bond donors (Lipinski definition) is 3. The van der Waals surface area contributed by atoms with Gasteiger partial charge in [0.15, 0.2) is 11.5 Å². The van der Waals surface area contributed by atoms with Crippen molar-refractivity contribution in [3.05, 3.63) is 36.2 Å². The maximum atomic E-state index is 9.46. The molecule has 0 aliphatic carbocycles. The van der Waals surface area contributed by atoms with Gasteiger partial charge in [-0.3, -0.25) is 0 Å². The second-order valence-corrected chi connectivity index (χ2v) is 6.84. The van der Waals surface area contributed by atoms with E-state index < -0.39 is 10.9 Å². The van der Waals surface area contributed by atoms with Crippen LogP contribution in [0.3, 0.4) is 0 Å². The molecule has 22 heavy (non-hydrogen) atoms. The van der Waals surface area contributed by atoms with Gasteiger partial charge in [-0.15, -0.1) is 0 Å². The lowest BCUT2D eigenvalue weighted by molar-refractivity contribution is 0.376. The first kappa shape index (κ1) is 13.6. The second-order valence-electron chi connectivity index (χ2n) is 5.33. The van der Waals surface area contributed by atoms with Gasteiger partial charge in [-0.1, -0.05) is 0 Å². The number of hydrogen-bond acceptors (Lipinski definition) is 5. The third-order valence-electron chi connectivity index (χ3n) is 3.91. The van der Waals surface area contributed by atoms with E-state index in [1.807, 2.05) is 23.7 Å². The van der Waals surface area contributed by atoms with Crippen LogP contribution in [0.4, 0.5) is 0 Å². The number of benzene rings is 2. The van der Waals surface area contributed by atoms with Crippen LogP contribution in [-0.4, -0.2) is 23.2 Å². The smallest absolute Gasteiger partial charge is 0.192 e. The zero-order valence-corrected chi connectivity index (χ0v) is 12.8. The van der Waals surface area contributed by atoms with Gasteiger partial charge < -0.3 is 22.6 Å². The molecule has 0 saturated carbocycles. The molecular weight excluding hydrogens is 304 g/mol. The van der Waals surface area contributed by atoms with Gasteiger partial charge in [0.25, 0.3) is 0 Å². The standard InChI is InChI=1S/C15H14N2O4S/c1-8-16-12-7-14-11(6-15(12)21-8)10-5-9(22(18,19)20)3-4-13(10)17(14)2/h3-7,18-20H,1-2H3. The van der Waals surface area contributed by atoms with Crippen molar-refractivity contribution < 1.29 is 18.1 Å². The quantitative estimate of drug-likeness (QED) is 0.485. The third kappa shape index (κ3) is 1.84. The molecule has 114 valence electrons. The lowest BCUT2D eigenvalue weighted by atomic mass is 10.1. The minimum absolute atomic E-state index is 0.0985. The van der Waals surface area contributed by atoms with Gasteiger partial charge in [0.2, 0.25) is 0 Å². The highest BCUT2D eigenvalue weighted by Crippen LogP contribution is 2.45. The molecule has 0 bridgehead atoms. The van der Waals surface area contributed by atoms with Crippen LogP contribution in [0.25, 0.3) is 32.9 Å². The Kier molecular flexibility index (Phi) is 2.62. The highest BCUT2D eigenvalue weighted by atomic mass is 32.3. The predicted molar refractivity (Wildman–Crippen MR) is 86.5 cm³/mol. The van der Waals surface area contributed by atoms with E-state index in [4.69, 9.17) is 4.42 Å². The number of rotatable bonds is 1. The van der Waals surface area contributed by atoms with Crippen LogP contribution < -0.4 is 0 Å². The average molecular weight is 318 g/mol. The number of aryl methyl sites for hydroxylation is 2. The molecule has 0 aliphatic rings. The highest BCUT2D eigenvalue weighted by Gasteiger charge is 2.19. The summed E-state index contributed by atoms with van der Waals surface area (Å²) in [5, 5.41) is 1.73. The molecule has 3 N–H and O–H groups in total. The summed E-state index contributed by atoms with van der Waals surface area (Å²) in [6, 6.07) is 8.71. The summed E-state index contributed by atoms with van der Waals surface area (Å²) in [6.07, 6.45) is 0. The van der Waals surface area contributed by atoms with Crippen molar-refractivity contribution in [2.45, 2.75) is 11.8 Å². The Morgan fingerprint density at radius 3 is 2.50 bits per heavy atom. The van der Waals surface area contributed by atoms with Crippen molar-refractivity contribution >= 4 is 43.8 Å². The van der Waals surface area contributed by atoms with Gasteiger partial charge in [-0.25, -0.2) is 4.98 Å². The van der Waals surface area contributed by atoms with Crippen LogP contribution in [0.2, 0.25) is 0 Å². The normalized spacial score (nSPS) is 13.5. The Hall–Kier alpha value is -2.06. The molecule has 0 spiro atoms. The molecule has 2 aromatic heterocycles. The van der Waals surface area contributed by atoms with Crippen molar-refractivity contribution in [3.8, 4) is 0 Å². The average Bonchev–Trinajstić information content (AvgIpc) is 2.93. The van der Waals surface area contributed by atoms with Crippen molar-refractivity contribution in [1.29, 1.82) is 0 Å². The third-order valence-corrected chi connectivity index (χ3v) is 4.80. The van der Waals surface area contributed by atoms with Crippen LogP contribution in [0.15, 0.2) is 39.6 Å². The summed E-state index contributed by atoms with van der Waals surface area (Å²) >= 11 is 0. The molecule has 2 heterocycles. The minimum atomic E-state index is -3.74. The van der Waals surface area contributed by atoms with E-state index in [1.165, 1.54) is 6.07 Å². The highest BCUT2D eigenvalue weighted by molar-refractivity contribution is 8.19. The van der Waals surface area contributed by atoms with E-state index in [0.29, 0.717) is 11.5 Å². The summed E-state index contributed by atoms with van der Waals surface area (Å²) in [5.41, 5.74) is 3.34. The van der Waals surface area contributed by atoms with Gasteiger partial charge in [-0.05, 0) is 30.3 Å². The van der Waals surface area contributed by atoms with Crippen LogP contribution in [-0.2, 0) is 7.05 Å². The summed E-state index contributed by atoms with van der Waals surface area (Å²) in [6.45, 7) is 1.79. The summed E-state index contributed by atoms with van der Waals surface area (Å²) in [5.74, 6) is 0.597. The fourth-order valence-electron chi connectivity index (χ4n) is 2.89. The van der Waals surface area contributed by atoms with Crippen molar-refractivity contribution in [1.82, 2.24) is 9.55 Å². The molecule has 4 aromatic rings. The number of aromatic nitrogens is 2. The molecule has 4 rings (SSSR count). The van der Waals surface area contributed by atoms with Crippen LogP contribution in [0.1, 0.15) is 5.89 Å². The van der Waals surface area contributed by atoms with Crippen molar-refractivity contribution in [2.75, 3.05) is 0 Å². The topological polar surface area (TPSA) is 91.7 Å². The number of oxazole rings is 1. The Bertz CT molecular complexity index is 1040. The van der Waals surface area contributed by atoms with Crippen molar-refractivity contribution in [2.24, 2.45) is 7.05 Å². The summed E-state index contributed by atoms with van der Waals surface area (Å²) in [7, 11) is -1.81. The maximum Gasteiger partial charge on any atom is 0.192 e. The Balaban J connectivity index is 2.15. The van der Waals surface area contributed by atoms with Gasteiger partial charge >= 0.3 is 0 Å². The number of nitrogens with zero attached hydrogens (tertiary/aromatic N) is 2. The molecule has 0 fully saturated rings. The fourth-order valence-corrected chi connectivity index (χ4v) is 3.42. The molecule has 0 amide bonds. The van der Waals surface area contributed by atoms with E-state index in [2.05, 4.69) is 4.98 Å². The van der Waals surface area contributed by atoms with E-state index in [9.17, 15) is 13.7 Å². The van der Waals surface area contributed by atoms with Gasteiger partial charge in [0, 0.05) is 30.3 Å². The van der Waals surface area contributed by atoms with E-state index in [-0.39, 0.29) is 4.90 Å². The molecular formula is C15H14N2O4S. The lowest BCUT2D eigenvalue weighted by Gasteiger charge is -2.19.